The van der Waals surface area contributed by atoms with E-state index in [1.165, 1.54) is 0 Å². The molecule has 0 spiro atoms. The minimum atomic E-state index is 0.283. The molecule has 2 rings (SSSR count). The van der Waals surface area contributed by atoms with Crippen LogP contribution in [0.2, 0.25) is 0 Å². The van der Waals surface area contributed by atoms with Gasteiger partial charge in [-0.05, 0) is 30.5 Å². The van der Waals surface area contributed by atoms with E-state index in [1.54, 1.807) is 0 Å². The van der Waals surface area contributed by atoms with Crippen molar-refractivity contribution in [2.24, 2.45) is 0 Å². The van der Waals surface area contributed by atoms with Gasteiger partial charge in [0.25, 0.3) is 0 Å². The molecule has 1 saturated heterocycles. The highest BCUT2D eigenvalue weighted by atomic mass is 16.5. The Morgan fingerprint density at radius 3 is 3.00 bits per heavy atom. The average Bonchev–Trinajstić information content (AvgIpc) is 2.75. The SMILES string of the molecule is Nc1cccc(COCCCN2CCCC2=O)c1. The minimum Gasteiger partial charge on any atom is -0.399 e. The lowest BCUT2D eigenvalue weighted by molar-refractivity contribution is -0.127. The number of anilines is 1. The highest BCUT2D eigenvalue weighted by Gasteiger charge is 2.18. The molecule has 4 nitrogen and oxygen atoms in total. The summed E-state index contributed by atoms with van der Waals surface area (Å²) in [5.41, 5.74) is 7.54. The fourth-order valence-corrected chi connectivity index (χ4v) is 2.17. The van der Waals surface area contributed by atoms with E-state index in [0.717, 1.165) is 37.2 Å². The monoisotopic (exact) mass is 248 g/mol. The second-order valence-corrected chi connectivity index (χ2v) is 4.64. The van der Waals surface area contributed by atoms with Crippen molar-refractivity contribution in [3.63, 3.8) is 0 Å². The molecule has 0 radical (unpaired) electrons. The summed E-state index contributed by atoms with van der Waals surface area (Å²) in [5, 5.41) is 0. The highest BCUT2D eigenvalue weighted by molar-refractivity contribution is 5.77. The average molecular weight is 248 g/mol. The molecule has 0 atom stereocenters. The first kappa shape index (κ1) is 12.9. The summed E-state index contributed by atoms with van der Waals surface area (Å²) >= 11 is 0. The van der Waals surface area contributed by atoms with Crippen LogP contribution in [0.3, 0.4) is 0 Å². The molecule has 18 heavy (non-hydrogen) atoms. The standard InChI is InChI=1S/C14H20N2O2/c15-13-5-1-4-12(10-13)11-18-9-3-8-16-7-2-6-14(16)17/h1,4-5,10H,2-3,6-9,11,15H2. The number of benzene rings is 1. The third kappa shape index (κ3) is 3.74. The van der Waals surface area contributed by atoms with Crippen LogP contribution in [0.5, 0.6) is 0 Å². The maximum atomic E-state index is 11.4. The summed E-state index contributed by atoms with van der Waals surface area (Å²) in [5.74, 6) is 0.283. The molecule has 1 aliphatic heterocycles. The van der Waals surface area contributed by atoms with Crippen LogP contribution in [0, 0.1) is 0 Å². The summed E-state index contributed by atoms with van der Waals surface area (Å²) in [6.07, 6.45) is 2.61. The van der Waals surface area contributed by atoms with E-state index < -0.39 is 0 Å². The summed E-state index contributed by atoms with van der Waals surface area (Å²) in [7, 11) is 0. The Morgan fingerprint density at radius 1 is 1.39 bits per heavy atom. The van der Waals surface area contributed by atoms with E-state index in [2.05, 4.69) is 0 Å². The van der Waals surface area contributed by atoms with Crippen LogP contribution in [0.25, 0.3) is 0 Å². The van der Waals surface area contributed by atoms with Crippen LogP contribution in [-0.4, -0.2) is 30.5 Å². The molecule has 0 bridgehead atoms. The Morgan fingerprint density at radius 2 is 2.28 bits per heavy atom. The van der Waals surface area contributed by atoms with E-state index in [-0.39, 0.29) is 5.91 Å². The second-order valence-electron chi connectivity index (χ2n) is 4.64. The number of carbonyl (C=O) groups excluding carboxylic acids is 1. The first-order valence-electron chi connectivity index (χ1n) is 6.45. The molecule has 0 aromatic heterocycles. The Bertz CT molecular complexity index is 407. The van der Waals surface area contributed by atoms with Crippen LogP contribution in [0.1, 0.15) is 24.8 Å². The zero-order valence-electron chi connectivity index (χ0n) is 10.6. The zero-order valence-corrected chi connectivity index (χ0v) is 10.6. The fraction of sp³-hybridized carbons (Fsp3) is 0.500. The first-order chi connectivity index (χ1) is 8.75. The van der Waals surface area contributed by atoms with Gasteiger partial charge in [-0.3, -0.25) is 4.79 Å². The first-order valence-corrected chi connectivity index (χ1v) is 6.45. The van der Waals surface area contributed by atoms with Gasteiger partial charge in [0.15, 0.2) is 0 Å². The molecular weight excluding hydrogens is 228 g/mol. The maximum Gasteiger partial charge on any atom is 0.222 e. The summed E-state index contributed by atoms with van der Waals surface area (Å²) in [6, 6.07) is 7.71. The Balaban J connectivity index is 1.60. The molecule has 1 amide bonds. The van der Waals surface area contributed by atoms with Crippen LogP contribution in [0.4, 0.5) is 5.69 Å². The predicted octanol–water partition coefficient (Wildman–Crippen LogP) is 1.80. The Kier molecular flexibility index (Phi) is 4.59. The topological polar surface area (TPSA) is 55.6 Å². The summed E-state index contributed by atoms with van der Waals surface area (Å²) in [6.45, 7) is 2.99. The molecule has 0 saturated carbocycles. The number of amides is 1. The van der Waals surface area contributed by atoms with Crippen molar-refractivity contribution in [3.05, 3.63) is 29.8 Å². The van der Waals surface area contributed by atoms with Crippen LogP contribution >= 0.6 is 0 Å². The number of nitrogen functional groups attached to an aromatic ring is 1. The largest absolute Gasteiger partial charge is 0.399 e. The molecule has 1 aromatic carbocycles. The lowest BCUT2D eigenvalue weighted by Crippen LogP contribution is -2.26. The van der Waals surface area contributed by atoms with Gasteiger partial charge in [0.2, 0.25) is 5.91 Å². The van der Waals surface area contributed by atoms with Gasteiger partial charge in [-0.2, -0.15) is 0 Å². The predicted molar refractivity (Wildman–Crippen MR) is 70.9 cm³/mol. The van der Waals surface area contributed by atoms with E-state index in [0.29, 0.717) is 19.6 Å². The van der Waals surface area contributed by atoms with E-state index in [4.69, 9.17) is 10.5 Å². The molecule has 1 aromatic rings. The number of rotatable bonds is 6. The summed E-state index contributed by atoms with van der Waals surface area (Å²) in [4.78, 5) is 13.3. The maximum absolute atomic E-state index is 11.4. The van der Waals surface area contributed by atoms with Gasteiger partial charge in [0.05, 0.1) is 6.61 Å². The van der Waals surface area contributed by atoms with Crippen LogP contribution in [-0.2, 0) is 16.1 Å². The number of hydrogen-bond acceptors (Lipinski definition) is 3. The number of likely N-dealkylation sites (tertiary alicyclic amines) is 1. The molecule has 2 N–H and O–H groups in total. The fourth-order valence-electron chi connectivity index (χ4n) is 2.17. The highest BCUT2D eigenvalue weighted by Crippen LogP contribution is 2.10. The molecule has 98 valence electrons. The number of hydrogen-bond donors (Lipinski definition) is 1. The van der Waals surface area contributed by atoms with Gasteiger partial charge in [-0.15, -0.1) is 0 Å². The third-order valence-corrected chi connectivity index (χ3v) is 3.11. The van der Waals surface area contributed by atoms with Crippen molar-refractivity contribution in [2.75, 3.05) is 25.4 Å². The van der Waals surface area contributed by atoms with Crippen LogP contribution in [0.15, 0.2) is 24.3 Å². The number of ether oxygens (including phenoxy) is 1. The number of nitrogens with zero attached hydrogens (tertiary/aromatic N) is 1. The normalized spacial score (nSPS) is 15.3. The van der Waals surface area contributed by atoms with E-state index >= 15 is 0 Å². The lowest BCUT2D eigenvalue weighted by atomic mass is 10.2. The zero-order chi connectivity index (χ0) is 12.8. The molecule has 0 unspecified atom stereocenters. The number of carbonyl (C=O) groups is 1. The van der Waals surface area contributed by atoms with Gasteiger partial charge >= 0.3 is 0 Å². The summed E-state index contributed by atoms with van der Waals surface area (Å²) < 4.78 is 5.58. The van der Waals surface area contributed by atoms with Gasteiger partial charge in [0, 0.05) is 31.8 Å². The lowest BCUT2D eigenvalue weighted by Gasteiger charge is -2.15. The van der Waals surface area contributed by atoms with Crippen molar-refractivity contribution in [1.29, 1.82) is 0 Å². The molecule has 0 aliphatic carbocycles. The van der Waals surface area contributed by atoms with Crippen molar-refractivity contribution in [2.45, 2.75) is 25.9 Å². The molecule has 4 heteroatoms. The number of nitrogens with two attached hydrogens (primary N) is 1. The van der Waals surface area contributed by atoms with E-state index in [9.17, 15) is 4.79 Å². The van der Waals surface area contributed by atoms with E-state index in [1.807, 2.05) is 29.2 Å². The van der Waals surface area contributed by atoms with Crippen molar-refractivity contribution in [3.8, 4) is 0 Å². The Hall–Kier alpha value is -1.55. The quantitative estimate of drug-likeness (QED) is 0.617. The molecule has 1 heterocycles. The van der Waals surface area contributed by atoms with Gasteiger partial charge in [-0.25, -0.2) is 0 Å². The molecule has 1 aliphatic rings. The van der Waals surface area contributed by atoms with Gasteiger partial charge in [-0.1, -0.05) is 12.1 Å². The smallest absolute Gasteiger partial charge is 0.222 e. The van der Waals surface area contributed by atoms with Gasteiger partial charge in [0.1, 0.15) is 0 Å². The minimum absolute atomic E-state index is 0.283. The van der Waals surface area contributed by atoms with Crippen molar-refractivity contribution in [1.82, 2.24) is 4.90 Å². The molecule has 1 fully saturated rings. The Labute approximate surface area is 108 Å². The molecular formula is C14H20N2O2. The van der Waals surface area contributed by atoms with Gasteiger partial charge < -0.3 is 15.4 Å². The van der Waals surface area contributed by atoms with Crippen molar-refractivity contribution < 1.29 is 9.53 Å². The third-order valence-electron chi connectivity index (χ3n) is 3.11. The van der Waals surface area contributed by atoms with Crippen molar-refractivity contribution >= 4 is 11.6 Å². The second kappa shape index (κ2) is 6.40. The van der Waals surface area contributed by atoms with Crippen LogP contribution < -0.4 is 5.73 Å².